The SMILES string of the molecule is COc1ccc(/C=C/C(=O)Oc2ccc(/C=C(\C#N)C(=O)NC(C)C)cc2OC)cc1OC. The first-order valence-electron chi connectivity index (χ1n) is 10.0. The van der Waals surface area contributed by atoms with E-state index in [1.807, 2.05) is 6.07 Å². The van der Waals surface area contributed by atoms with Gasteiger partial charge in [0.05, 0.1) is 21.3 Å². The first kappa shape index (κ1) is 25.0. The maximum atomic E-state index is 12.3. The Morgan fingerprint density at radius 2 is 1.48 bits per heavy atom. The van der Waals surface area contributed by atoms with Crippen LogP contribution in [-0.2, 0) is 9.59 Å². The maximum absolute atomic E-state index is 12.3. The molecule has 0 unspecified atom stereocenters. The average Bonchev–Trinajstić information content (AvgIpc) is 2.81. The Morgan fingerprint density at radius 1 is 0.909 bits per heavy atom. The van der Waals surface area contributed by atoms with Crippen molar-refractivity contribution in [1.82, 2.24) is 5.32 Å². The number of carbonyl (C=O) groups excluding carboxylic acids is 2. The summed E-state index contributed by atoms with van der Waals surface area (Å²) in [4.78, 5) is 24.4. The lowest BCUT2D eigenvalue weighted by atomic mass is 10.1. The van der Waals surface area contributed by atoms with E-state index in [-0.39, 0.29) is 23.1 Å². The molecule has 33 heavy (non-hydrogen) atoms. The van der Waals surface area contributed by atoms with E-state index in [0.29, 0.717) is 17.1 Å². The largest absolute Gasteiger partial charge is 0.493 e. The lowest BCUT2D eigenvalue weighted by Gasteiger charge is -2.10. The summed E-state index contributed by atoms with van der Waals surface area (Å²) < 4.78 is 21.1. The molecule has 2 aromatic carbocycles. The minimum atomic E-state index is -0.611. The zero-order valence-electron chi connectivity index (χ0n) is 19.2. The number of ether oxygens (including phenoxy) is 4. The molecule has 0 fully saturated rings. The van der Waals surface area contributed by atoms with Crippen LogP contribution in [0.2, 0.25) is 0 Å². The zero-order valence-corrected chi connectivity index (χ0v) is 19.2. The van der Waals surface area contributed by atoms with Gasteiger partial charge in [0, 0.05) is 12.1 Å². The summed E-state index contributed by atoms with van der Waals surface area (Å²) in [6, 6.07) is 11.7. The van der Waals surface area contributed by atoms with E-state index in [9.17, 15) is 14.9 Å². The van der Waals surface area contributed by atoms with Gasteiger partial charge in [-0.1, -0.05) is 12.1 Å². The van der Waals surface area contributed by atoms with Gasteiger partial charge < -0.3 is 24.3 Å². The van der Waals surface area contributed by atoms with Crippen LogP contribution in [-0.4, -0.2) is 39.2 Å². The van der Waals surface area contributed by atoms with Gasteiger partial charge in [-0.25, -0.2) is 4.79 Å². The lowest BCUT2D eigenvalue weighted by Crippen LogP contribution is -2.30. The van der Waals surface area contributed by atoms with Crippen LogP contribution in [0.4, 0.5) is 0 Å². The van der Waals surface area contributed by atoms with Gasteiger partial charge in [0.1, 0.15) is 11.6 Å². The molecule has 0 atom stereocenters. The number of esters is 1. The Hall–Kier alpha value is -4.25. The van der Waals surface area contributed by atoms with Crippen molar-refractivity contribution in [3.63, 3.8) is 0 Å². The number of nitriles is 1. The van der Waals surface area contributed by atoms with E-state index in [0.717, 1.165) is 5.56 Å². The summed E-state index contributed by atoms with van der Waals surface area (Å²) >= 11 is 0. The number of amides is 1. The molecular formula is C25H26N2O6. The van der Waals surface area contributed by atoms with Crippen molar-refractivity contribution in [3.05, 3.63) is 59.2 Å². The molecule has 1 amide bonds. The van der Waals surface area contributed by atoms with E-state index in [1.165, 1.54) is 32.4 Å². The van der Waals surface area contributed by atoms with Crippen molar-refractivity contribution in [1.29, 1.82) is 5.26 Å². The third kappa shape index (κ3) is 7.14. The van der Waals surface area contributed by atoms with Crippen molar-refractivity contribution < 1.29 is 28.5 Å². The van der Waals surface area contributed by atoms with Crippen LogP contribution in [0.3, 0.4) is 0 Å². The van der Waals surface area contributed by atoms with E-state index in [1.54, 1.807) is 57.4 Å². The Kier molecular flexibility index (Phi) is 9.06. The minimum absolute atomic E-state index is 0.0478. The summed E-state index contributed by atoms with van der Waals surface area (Å²) in [6.07, 6.45) is 4.29. The van der Waals surface area contributed by atoms with Crippen molar-refractivity contribution in [2.45, 2.75) is 19.9 Å². The van der Waals surface area contributed by atoms with Crippen LogP contribution in [0.15, 0.2) is 48.0 Å². The number of hydrogen-bond acceptors (Lipinski definition) is 7. The maximum Gasteiger partial charge on any atom is 0.336 e. The number of nitrogens with zero attached hydrogens (tertiary/aromatic N) is 1. The van der Waals surface area contributed by atoms with E-state index < -0.39 is 11.9 Å². The summed E-state index contributed by atoms with van der Waals surface area (Å²) in [5.41, 5.74) is 1.22. The van der Waals surface area contributed by atoms with Crippen LogP contribution in [0.25, 0.3) is 12.2 Å². The van der Waals surface area contributed by atoms with Gasteiger partial charge in [0.15, 0.2) is 23.0 Å². The molecule has 2 aromatic rings. The Balaban J connectivity index is 2.17. The molecule has 172 valence electrons. The highest BCUT2D eigenvalue weighted by Crippen LogP contribution is 2.30. The standard InChI is InChI=1S/C25H26N2O6/c1-16(2)27-25(29)19(15-26)12-18-7-10-21(23(14-18)32-5)33-24(28)11-8-17-6-9-20(30-3)22(13-17)31-4/h6-14,16H,1-5H3,(H,27,29)/b11-8+,19-12+. The topological polar surface area (TPSA) is 107 Å². The summed E-state index contributed by atoms with van der Waals surface area (Å²) in [5.74, 6) is 0.511. The van der Waals surface area contributed by atoms with Crippen molar-refractivity contribution in [3.8, 4) is 29.1 Å². The highest BCUT2D eigenvalue weighted by Gasteiger charge is 2.13. The summed E-state index contributed by atoms with van der Waals surface area (Å²) in [6.45, 7) is 3.61. The first-order valence-corrected chi connectivity index (χ1v) is 10.0. The van der Waals surface area contributed by atoms with Gasteiger partial charge >= 0.3 is 5.97 Å². The monoisotopic (exact) mass is 450 g/mol. The van der Waals surface area contributed by atoms with Crippen LogP contribution >= 0.6 is 0 Å². The van der Waals surface area contributed by atoms with Crippen LogP contribution in [0, 0.1) is 11.3 Å². The van der Waals surface area contributed by atoms with E-state index in [4.69, 9.17) is 18.9 Å². The van der Waals surface area contributed by atoms with Crippen molar-refractivity contribution in [2.75, 3.05) is 21.3 Å². The molecule has 0 heterocycles. The molecule has 0 saturated heterocycles. The number of hydrogen-bond donors (Lipinski definition) is 1. The van der Waals surface area contributed by atoms with Gasteiger partial charge in [-0.15, -0.1) is 0 Å². The smallest absolute Gasteiger partial charge is 0.336 e. The molecule has 8 heteroatoms. The van der Waals surface area contributed by atoms with E-state index >= 15 is 0 Å². The Bertz CT molecular complexity index is 1110. The quantitative estimate of drug-likeness (QED) is 0.268. The molecule has 0 spiro atoms. The Labute approximate surface area is 193 Å². The predicted octanol–water partition coefficient (Wildman–Crippen LogP) is 3.76. The Morgan fingerprint density at radius 3 is 2.09 bits per heavy atom. The molecule has 1 N–H and O–H groups in total. The molecule has 0 aromatic heterocycles. The second-order valence-corrected chi connectivity index (χ2v) is 7.08. The molecule has 0 aliphatic heterocycles. The van der Waals surface area contributed by atoms with Gasteiger partial charge in [0.2, 0.25) is 0 Å². The first-order chi connectivity index (χ1) is 15.8. The highest BCUT2D eigenvalue weighted by molar-refractivity contribution is 6.01. The third-order valence-electron chi connectivity index (χ3n) is 4.31. The molecule has 0 saturated carbocycles. The molecule has 0 aliphatic rings. The molecule has 2 rings (SSSR count). The fourth-order valence-corrected chi connectivity index (χ4v) is 2.78. The van der Waals surface area contributed by atoms with Crippen molar-refractivity contribution >= 4 is 24.0 Å². The van der Waals surface area contributed by atoms with Crippen LogP contribution in [0.1, 0.15) is 25.0 Å². The number of benzene rings is 2. The van der Waals surface area contributed by atoms with Gasteiger partial charge in [0.25, 0.3) is 5.91 Å². The fraction of sp³-hybridized carbons (Fsp3) is 0.240. The van der Waals surface area contributed by atoms with Crippen molar-refractivity contribution in [2.24, 2.45) is 0 Å². The average molecular weight is 450 g/mol. The fourth-order valence-electron chi connectivity index (χ4n) is 2.78. The van der Waals surface area contributed by atoms with Crippen LogP contribution < -0.4 is 24.3 Å². The predicted molar refractivity (Wildman–Crippen MR) is 124 cm³/mol. The molecular weight excluding hydrogens is 424 g/mol. The molecule has 0 radical (unpaired) electrons. The third-order valence-corrected chi connectivity index (χ3v) is 4.31. The minimum Gasteiger partial charge on any atom is -0.493 e. The van der Waals surface area contributed by atoms with Gasteiger partial charge in [-0.2, -0.15) is 5.26 Å². The van der Waals surface area contributed by atoms with Gasteiger partial charge in [-0.05, 0) is 61.4 Å². The molecule has 8 nitrogen and oxygen atoms in total. The number of rotatable bonds is 9. The number of methoxy groups -OCH3 is 3. The second kappa shape index (κ2) is 12.0. The summed E-state index contributed by atoms with van der Waals surface area (Å²) in [7, 11) is 4.50. The zero-order chi connectivity index (χ0) is 24.4. The highest BCUT2D eigenvalue weighted by atomic mass is 16.6. The van der Waals surface area contributed by atoms with E-state index in [2.05, 4.69) is 5.32 Å². The molecule has 0 bridgehead atoms. The van der Waals surface area contributed by atoms with Gasteiger partial charge in [-0.3, -0.25) is 4.79 Å². The summed E-state index contributed by atoms with van der Waals surface area (Å²) in [5, 5.41) is 12.0. The second-order valence-electron chi connectivity index (χ2n) is 7.08. The normalized spacial score (nSPS) is 11.1. The number of nitrogens with one attached hydrogen (secondary N) is 1. The molecule has 0 aliphatic carbocycles. The lowest BCUT2D eigenvalue weighted by molar-refractivity contribution is -0.129. The number of carbonyl (C=O) groups is 2. The van der Waals surface area contributed by atoms with Crippen LogP contribution in [0.5, 0.6) is 23.0 Å².